The van der Waals surface area contributed by atoms with Crippen molar-refractivity contribution in [1.82, 2.24) is 0 Å². The Labute approximate surface area is 146 Å². The van der Waals surface area contributed by atoms with E-state index < -0.39 is 17.8 Å². The van der Waals surface area contributed by atoms with Gasteiger partial charge in [0.2, 0.25) is 0 Å². The first-order valence-electron chi connectivity index (χ1n) is 6.85. The highest BCUT2D eigenvalue weighted by atomic mass is 32.1. The van der Waals surface area contributed by atoms with Crippen molar-refractivity contribution in [2.75, 3.05) is 12.4 Å². The Morgan fingerprint density at radius 1 is 1.44 bits per heavy atom. The van der Waals surface area contributed by atoms with Gasteiger partial charge in [0.1, 0.15) is 16.6 Å². The van der Waals surface area contributed by atoms with Crippen molar-refractivity contribution < 1.29 is 23.5 Å². The predicted octanol–water partition coefficient (Wildman–Crippen LogP) is 2.08. The lowest BCUT2D eigenvalue weighted by molar-refractivity contribution is -0.112. The number of furan rings is 1. The van der Waals surface area contributed by atoms with Gasteiger partial charge in [-0.25, -0.2) is 4.79 Å². The number of methoxy groups -OCH3 is 1. The molecule has 3 N–H and O–H groups in total. The van der Waals surface area contributed by atoms with Crippen LogP contribution >= 0.6 is 11.3 Å². The normalized spacial score (nSPS) is 10.8. The molecule has 0 atom stereocenters. The highest BCUT2D eigenvalue weighted by Crippen LogP contribution is 2.33. The molecule has 128 valence electrons. The van der Waals surface area contributed by atoms with Gasteiger partial charge in [0.25, 0.3) is 11.8 Å². The summed E-state index contributed by atoms with van der Waals surface area (Å²) in [7, 11) is 1.18. The van der Waals surface area contributed by atoms with Crippen LogP contribution in [0.5, 0.6) is 0 Å². The zero-order chi connectivity index (χ0) is 18.6. The lowest BCUT2D eigenvalue weighted by Gasteiger charge is -2.05. The number of thiophene rings is 1. The van der Waals surface area contributed by atoms with Crippen molar-refractivity contribution in [1.29, 1.82) is 5.26 Å². The number of nitrogens with one attached hydrogen (secondary N) is 1. The predicted molar refractivity (Wildman–Crippen MR) is 89.8 cm³/mol. The Morgan fingerprint density at radius 3 is 2.68 bits per heavy atom. The van der Waals surface area contributed by atoms with Crippen LogP contribution in [0.15, 0.2) is 28.6 Å². The molecule has 8 nitrogen and oxygen atoms in total. The molecule has 0 spiro atoms. The van der Waals surface area contributed by atoms with Gasteiger partial charge in [-0.05, 0) is 24.6 Å². The van der Waals surface area contributed by atoms with E-state index in [2.05, 4.69) is 10.1 Å². The van der Waals surface area contributed by atoms with E-state index in [-0.39, 0.29) is 21.0 Å². The topological polar surface area (TPSA) is 135 Å². The molecule has 2 heterocycles. The maximum atomic E-state index is 12.3. The number of nitriles is 1. The van der Waals surface area contributed by atoms with Crippen molar-refractivity contribution in [2.45, 2.75) is 6.92 Å². The van der Waals surface area contributed by atoms with Crippen LogP contribution in [0.1, 0.15) is 31.2 Å². The van der Waals surface area contributed by atoms with Crippen LogP contribution in [-0.4, -0.2) is 24.9 Å². The molecule has 2 aromatic heterocycles. The van der Waals surface area contributed by atoms with Gasteiger partial charge >= 0.3 is 5.97 Å². The fraction of sp³-hybridized carbons (Fsp3) is 0.125. The quantitative estimate of drug-likeness (QED) is 0.476. The number of primary amides is 1. The molecular formula is C16H13N3O5S. The summed E-state index contributed by atoms with van der Waals surface area (Å²) in [5.74, 6) is -2.21. The number of esters is 1. The second kappa shape index (κ2) is 7.46. The summed E-state index contributed by atoms with van der Waals surface area (Å²) in [5, 5.41) is 11.7. The number of nitrogens with two attached hydrogens (primary N) is 1. The highest BCUT2D eigenvalue weighted by molar-refractivity contribution is 7.18. The minimum Gasteiger partial charge on any atom is -0.472 e. The van der Waals surface area contributed by atoms with Crippen molar-refractivity contribution >= 4 is 40.2 Å². The number of rotatable bonds is 5. The van der Waals surface area contributed by atoms with Gasteiger partial charge in [-0.1, -0.05) is 0 Å². The zero-order valence-corrected chi connectivity index (χ0v) is 14.1. The smallest absolute Gasteiger partial charge is 0.341 e. The zero-order valence-electron chi connectivity index (χ0n) is 13.3. The summed E-state index contributed by atoms with van der Waals surface area (Å²) < 4.78 is 9.55. The number of ether oxygens (including phenoxy) is 1. The van der Waals surface area contributed by atoms with Crippen LogP contribution in [0, 0.1) is 18.3 Å². The minimum absolute atomic E-state index is 0.0234. The Kier molecular flexibility index (Phi) is 5.36. The molecule has 0 saturated carbocycles. The third kappa shape index (κ3) is 3.76. The molecule has 0 aliphatic rings. The molecule has 9 heteroatoms. The van der Waals surface area contributed by atoms with Gasteiger partial charge < -0.3 is 20.2 Å². The van der Waals surface area contributed by atoms with E-state index in [0.717, 1.165) is 11.3 Å². The number of hydrogen-bond donors (Lipinski definition) is 2. The maximum absolute atomic E-state index is 12.3. The molecule has 2 amide bonds. The van der Waals surface area contributed by atoms with Crippen molar-refractivity contribution in [3.63, 3.8) is 0 Å². The molecule has 0 aliphatic carbocycles. The van der Waals surface area contributed by atoms with Gasteiger partial charge in [0, 0.05) is 5.56 Å². The molecule has 0 radical (unpaired) electrons. The first-order chi connectivity index (χ1) is 11.9. The number of amides is 2. The molecule has 0 saturated heterocycles. The standard InChI is InChI=1S/C16H13N3O5S/c1-8-11(16(22)23-2)15(25-12(8)13(18)20)19-14(21)10(6-17)5-9-3-4-24-7-9/h3-5,7H,1-2H3,(H2,18,20)(H,19,21)/b10-5+. The third-order valence-electron chi connectivity index (χ3n) is 3.21. The highest BCUT2D eigenvalue weighted by Gasteiger charge is 2.26. The molecule has 2 aromatic rings. The summed E-state index contributed by atoms with van der Waals surface area (Å²) in [6, 6.07) is 3.35. The molecule has 0 aromatic carbocycles. The van der Waals surface area contributed by atoms with Crippen LogP contribution in [0.4, 0.5) is 5.00 Å². The van der Waals surface area contributed by atoms with Crippen LogP contribution in [0.25, 0.3) is 6.08 Å². The first kappa shape index (κ1) is 18.0. The summed E-state index contributed by atoms with van der Waals surface area (Å²) in [5.41, 5.74) is 5.93. The molecule has 0 fully saturated rings. The number of carbonyl (C=O) groups is 3. The fourth-order valence-electron chi connectivity index (χ4n) is 2.03. The average molecular weight is 359 g/mol. The second-order valence-corrected chi connectivity index (χ2v) is 5.82. The van der Waals surface area contributed by atoms with E-state index in [1.54, 1.807) is 12.1 Å². The Balaban J connectivity index is 2.40. The van der Waals surface area contributed by atoms with Crippen LogP contribution in [0.2, 0.25) is 0 Å². The molecule has 0 bridgehead atoms. The van der Waals surface area contributed by atoms with Gasteiger partial charge in [-0.2, -0.15) is 5.26 Å². The van der Waals surface area contributed by atoms with E-state index in [0.29, 0.717) is 11.1 Å². The van der Waals surface area contributed by atoms with E-state index in [9.17, 15) is 19.6 Å². The van der Waals surface area contributed by atoms with Gasteiger partial charge in [0.15, 0.2) is 0 Å². The summed E-state index contributed by atoms with van der Waals surface area (Å²) in [4.78, 5) is 35.9. The molecule has 25 heavy (non-hydrogen) atoms. The monoisotopic (exact) mass is 359 g/mol. The Bertz CT molecular complexity index is 903. The second-order valence-electron chi connectivity index (χ2n) is 4.80. The lowest BCUT2D eigenvalue weighted by atomic mass is 10.1. The summed E-state index contributed by atoms with van der Waals surface area (Å²) >= 11 is 0.840. The van der Waals surface area contributed by atoms with Crippen molar-refractivity contribution in [2.24, 2.45) is 5.73 Å². The Morgan fingerprint density at radius 2 is 2.16 bits per heavy atom. The maximum Gasteiger partial charge on any atom is 0.341 e. The molecule has 2 rings (SSSR count). The lowest BCUT2D eigenvalue weighted by Crippen LogP contribution is -2.15. The van der Waals surface area contributed by atoms with Crippen LogP contribution in [0.3, 0.4) is 0 Å². The van der Waals surface area contributed by atoms with Gasteiger partial charge in [-0.3, -0.25) is 9.59 Å². The van der Waals surface area contributed by atoms with Crippen molar-refractivity contribution in [3.8, 4) is 6.07 Å². The SMILES string of the molecule is COC(=O)c1c(NC(=O)/C(C#N)=C/c2ccoc2)sc(C(N)=O)c1C. The molecule has 0 unspecified atom stereocenters. The van der Waals surface area contributed by atoms with Crippen molar-refractivity contribution in [3.05, 3.63) is 45.7 Å². The molecule has 0 aliphatic heterocycles. The van der Waals surface area contributed by atoms with E-state index >= 15 is 0 Å². The van der Waals surface area contributed by atoms with E-state index in [4.69, 9.17) is 10.2 Å². The largest absolute Gasteiger partial charge is 0.472 e. The summed E-state index contributed by atoms with van der Waals surface area (Å²) in [6.07, 6.45) is 4.09. The van der Waals surface area contributed by atoms with E-state index in [1.165, 1.54) is 32.6 Å². The van der Waals surface area contributed by atoms with Gasteiger partial charge in [-0.15, -0.1) is 11.3 Å². The third-order valence-corrected chi connectivity index (χ3v) is 4.43. The fourth-order valence-corrected chi connectivity index (χ4v) is 3.07. The number of hydrogen-bond acceptors (Lipinski definition) is 7. The minimum atomic E-state index is -0.744. The number of anilines is 1. The van der Waals surface area contributed by atoms with Crippen LogP contribution < -0.4 is 11.1 Å². The number of carbonyl (C=O) groups excluding carboxylic acids is 3. The first-order valence-corrected chi connectivity index (χ1v) is 7.67. The average Bonchev–Trinajstić information content (AvgIpc) is 3.19. The summed E-state index contributed by atoms with van der Waals surface area (Å²) in [6.45, 7) is 1.52. The van der Waals surface area contributed by atoms with Gasteiger partial charge in [0.05, 0.1) is 30.1 Å². The van der Waals surface area contributed by atoms with E-state index in [1.807, 2.05) is 0 Å². The molecular weight excluding hydrogens is 346 g/mol. The number of nitrogens with zero attached hydrogens (tertiary/aromatic N) is 1. The van der Waals surface area contributed by atoms with Crippen LogP contribution in [-0.2, 0) is 9.53 Å². The Hall–Kier alpha value is -3.38.